The van der Waals surface area contributed by atoms with E-state index in [0.717, 1.165) is 12.1 Å². The average Bonchev–Trinajstić information content (AvgIpc) is 3.32. The Morgan fingerprint density at radius 2 is 1.77 bits per heavy atom. The minimum Gasteiger partial charge on any atom is -0.492 e. The quantitative estimate of drug-likeness (QED) is 0.0821. The number of aromatic nitrogens is 2. The van der Waals surface area contributed by atoms with E-state index in [1.54, 1.807) is 50.5 Å². The Kier molecular flexibility index (Phi) is 10.2. The molecule has 0 saturated carbocycles. The van der Waals surface area contributed by atoms with Gasteiger partial charge in [0.25, 0.3) is 0 Å². The third-order valence-electron chi connectivity index (χ3n) is 6.39. The number of nitrogens with zero attached hydrogens (tertiary/aromatic N) is 2. The first-order chi connectivity index (χ1) is 20.4. The van der Waals surface area contributed by atoms with Gasteiger partial charge >= 0.3 is 6.18 Å². The second kappa shape index (κ2) is 13.8. The fraction of sp³-hybridized carbons (Fsp3) is 0.226. The van der Waals surface area contributed by atoms with E-state index in [-0.39, 0.29) is 38.6 Å². The predicted octanol–water partition coefficient (Wildman–Crippen LogP) is 7.02. The lowest BCUT2D eigenvalue weighted by molar-refractivity contribution is -0.124. The molecule has 0 radical (unpaired) electrons. The van der Waals surface area contributed by atoms with Crippen LogP contribution in [-0.2, 0) is 4.79 Å². The van der Waals surface area contributed by atoms with Gasteiger partial charge in [-0.3, -0.25) is 9.89 Å². The predicted molar refractivity (Wildman–Crippen MR) is 157 cm³/mol. The van der Waals surface area contributed by atoms with Crippen molar-refractivity contribution >= 4 is 39.6 Å². The van der Waals surface area contributed by atoms with Crippen LogP contribution in [0.4, 0.5) is 22.0 Å². The second-order valence-electron chi connectivity index (χ2n) is 9.75. The number of aromatic amines is 1. The van der Waals surface area contributed by atoms with Gasteiger partial charge in [-0.2, -0.15) is 22.7 Å². The van der Waals surface area contributed by atoms with Crippen LogP contribution in [-0.4, -0.2) is 61.0 Å². The summed E-state index contributed by atoms with van der Waals surface area (Å²) in [5.41, 5.74) is 0.890. The number of amides is 1. The largest absolute Gasteiger partial charge is 0.492 e. The fourth-order valence-electron chi connectivity index (χ4n) is 4.36. The first kappa shape index (κ1) is 31.7. The molecule has 4 rings (SSSR count). The van der Waals surface area contributed by atoms with Gasteiger partial charge in [-0.15, -0.1) is 0 Å². The minimum atomic E-state index is -4.64. The van der Waals surface area contributed by atoms with E-state index in [4.69, 9.17) is 16.3 Å². The number of hydrogen-bond acceptors (Lipinski definition) is 4. The highest BCUT2D eigenvalue weighted by atomic mass is 35.5. The number of likely N-dealkylation sites (N-methyl/N-ethyl adjacent to an activating group) is 1. The number of hydrogen-bond donors (Lipinski definition) is 2. The highest BCUT2D eigenvalue weighted by molar-refractivity contribution is 6.32. The summed E-state index contributed by atoms with van der Waals surface area (Å²) in [5, 5.41) is 9.10. The van der Waals surface area contributed by atoms with E-state index >= 15 is 0 Å². The van der Waals surface area contributed by atoms with Gasteiger partial charge in [0.15, 0.2) is 0 Å². The van der Waals surface area contributed by atoms with Crippen molar-refractivity contribution in [2.75, 3.05) is 33.8 Å². The third-order valence-corrected chi connectivity index (χ3v) is 6.70. The third kappa shape index (κ3) is 8.42. The molecule has 226 valence electrons. The van der Waals surface area contributed by atoms with Crippen LogP contribution in [0.2, 0.25) is 5.02 Å². The number of ether oxygens (including phenoxy) is 1. The maximum Gasteiger partial charge on any atom is 0.393 e. The molecule has 2 N–H and O–H groups in total. The van der Waals surface area contributed by atoms with E-state index in [1.807, 2.05) is 0 Å². The number of halogens is 6. The standard InChI is InChI=1S/C31H28ClF5N4O2/c1-41(2)28(42)4-3-13-38-14-15-43-22-9-5-19(6-10-22)29(20-7-12-27-24(16-20)30(34)40-39-27)25(18-31(35,36)37)23-11-8-21(33)17-26(23)32/h3-12,16-17,38H,13-15,18H2,1-2H3,(H,39,40). The lowest BCUT2D eigenvalue weighted by Gasteiger charge is -2.20. The molecule has 6 nitrogen and oxygen atoms in total. The van der Waals surface area contributed by atoms with E-state index in [9.17, 15) is 26.7 Å². The first-order valence-electron chi connectivity index (χ1n) is 13.1. The zero-order valence-electron chi connectivity index (χ0n) is 23.2. The van der Waals surface area contributed by atoms with Gasteiger partial charge < -0.3 is 15.0 Å². The fourth-order valence-corrected chi connectivity index (χ4v) is 4.64. The van der Waals surface area contributed by atoms with Crippen molar-refractivity contribution in [3.63, 3.8) is 0 Å². The van der Waals surface area contributed by atoms with Crippen molar-refractivity contribution in [3.8, 4) is 5.75 Å². The summed E-state index contributed by atoms with van der Waals surface area (Å²) in [7, 11) is 3.32. The number of rotatable bonds is 11. The molecule has 0 bridgehead atoms. The molecule has 4 aromatic rings. The number of fused-ring (bicyclic) bond motifs is 1. The maximum absolute atomic E-state index is 14.4. The Balaban J connectivity index is 1.67. The molecule has 1 heterocycles. The molecule has 0 atom stereocenters. The molecule has 0 fully saturated rings. The summed E-state index contributed by atoms with van der Waals surface area (Å²) >= 11 is 6.27. The molecular weight excluding hydrogens is 591 g/mol. The zero-order valence-corrected chi connectivity index (χ0v) is 24.0. The molecule has 3 aromatic carbocycles. The number of H-pyrrole nitrogens is 1. The topological polar surface area (TPSA) is 70.2 Å². The van der Waals surface area contributed by atoms with Gasteiger partial charge in [-0.25, -0.2) is 4.39 Å². The smallest absolute Gasteiger partial charge is 0.393 e. The van der Waals surface area contributed by atoms with Crippen molar-refractivity contribution in [1.82, 2.24) is 20.4 Å². The van der Waals surface area contributed by atoms with Crippen LogP contribution < -0.4 is 10.1 Å². The van der Waals surface area contributed by atoms with Crippen LogP contribution in [0, 0.1) is 11.8 Å². The van der Waals surface area contributed by atoms with Crippen LogP contribution >= 0.6 is 11.6 Å². The van der Waals surface area contributed by atoms with E-state index < -0.39 is 24.4 Å². The number of nitrogens with one attached hydrogen (secondary N) is 2. The van der Waals surface area contributed by atoms with Crippen LogP contribution in [0.1, 0.15) is 23.1 Å². The van der Waals surface area contributed by atoms with Crippen molar-refractivity contribution < 1.29 is 31.5 Å². The van der Waals surface area contributed by atoms with Gasteiger partial charge in [0.05, 0.1) is 22.3 Å². The molecule has 43 heavy (non-hydrogen) atoms. The van der Waals surface area contributed by atoms with E-state index in [1.165, 1.54) is 29.2 Å². The highest BCUT2D eigenvalue weighted by Crippen LogP contribution is 2.42. The number of carbonyl (C=O) groups is 1. The summed E-state index contributed by atoms with van der Waals surface area (Å²) in [6.07, 6.45) is -2.86. The molecule has 0 spiro atoms. The Hall–Kier alpha value is -4.22. The Labute approximate surface area is 249 Å². The summed E-state index contributed by atoms with van der Waals surface area (Å²) in [6, 6.07) is 14.0. The van der Waals surface area contributed by atoms with Crippen LogP contribution in [0.3, 0.4) is 0 Å². The molecule has 0 aliphatic rings. The normalized spacial score (nSPS) is 12.6. The Morgan fingerprint density at radius 1 is 1.05 bits per heavy atom. The molecule has 12 heteroatoms. The summed E-state index contributed by atoms with van der Waals surface area (Å²) in [6.45, 7) is 1.23. The van der Waals surface area contributed by atoms with E-state index in [2.05, 4.69) is 15.5 Å². The second-order valence-corrected chi connectivity index (χ2v) is 10.2. The van der Waals surface area contributed by atoms with Crippen molar-refractivity contribution in [3.05, 3.63) is 106 Å². The van der Waals surface area contributed by atoms with Gasteiger partial charge in [-0.05, 0) is 64.2 Å². The molecule has 1 aromatic heterocycles. The van der Waals surface area contributed by atoms with Crippen molar-refractivity contribution in [2.45, 2.75) is 12.6 Å². The molecule has 0 unspecified atom stereocenters. The number of allylic oxidation sites excluding steroid dienone is 1. The number of alkyl halides is 3. The summed E-state index contributed by atoms with van der Waals surface area (Å²) in [4.78, 5) is 13.0. The first-order valence-corrected chi connectivity index (χ1v) is 13.5. The monoisotopic (exact) mass is 618 g/mol. The van der Waals surface area contributed by atoms with Crippen LogP contribution in [0.15, 0.2) is 72.8 Å². The lowest BCUT2D eigenvalue weighted by atomic mass is 9.87. The maximum atomic E-state index is 14.4. The number of carbonyl (C=O) groups excluding carboxylic acids is 1. The van der Waals surface area contributed by atoms with E-state index in [0.29, 0.717) is 36.5 Å². The lowest BCUT2D eigenvalue weighted by Crippen LogP contribution is -2.22. The molecule has 0 aliphatic carbocycles. The highest BCUT2D eigenvalue weighted by Gasteiger charge is 2.32. The zero-order chi connectivity index (χ0) is 31.1. The molecular formula is C31H28ClF5N4O2. The van der Waals surface area contributed by atoms with Gasteiger partial charge in [0, 0.05) is 33.3 Å². The molecule has 0 saturated heterocycles. The van der Waals surface area contributed by atoms with Gasteiger partial charge in [0.1, 0.15) is 18.2 Å². The van der Waals surface area contributed by atoms with Crippen LogP contribution in [0.5, 0.6) is 5.75 Å². The van der Waals surface area contributed by atoms with Gasteiger partial charge in [0.2, 0.25) is 11.9 Å². The van der Waals surface area contributed by atoms with Gasteiger partial charge in [-0.1, -0.05) is 41.9 Å². The average molecular weight is 619 g/mol. The van der Waals surface area contributed by atoms with Crippen LogP contribution in [0.25, 0.3) is 22.0 Å². The summed E-state index contributed by atoms with van der Waals surface area (Å²) in [5.74, 6) is -1.08. The Morgan fingerprint density at radius 3 is 2.44 bits per heavy atom. The molecule has 1 amide bonds. The van der Waals surface area contributed by atoms with Crippen molar-refractivity contribution in [1.29, 1.82) is 0 Å². The van der Waals surface area contributed by atoms with Crippen molar-refractivity contribution in [2.24, 2.45) is 0 Å². The minimum absolute atomic E-state index is 0.00381. The summed E-state index contributed by atoms with van der Waals surface area (Å²) < 4.78 is 76.0. The Bertz CT molecular complexity index is 1650. The number of benzene rings is 3. The SMILES string of the molecule is CN(C)C(=O)C=CCNCCOc1ccc(C(=C(CC(F)(F)F)c2ccc(F)cc2Cl)c2ccc3n[nH]c(F)c3c2)cc1. The molecule has 0 aliphatic heterocycles.